The average molecular weight is 285 g/mol. The molecule has 0 saturated carbocycles. The van der Waals surface area contributed by atoms with Crippen molar-refractivity contribution < 1.29 is 5.11 Å². The van der Waals surface area contributed by atoms with Gasteiger partial charge < -0.3 is 10.0 Å². The molecule has 0 aromatic carbocycles. The standard InChI is InChI=1S/C12H17BrN2O/c1-3-4-12(16)7-15(8-12)11-10(13)5-9(2)6-14-11/h5-6,16H,3-4,7-8H2,1-2H3. The Morgan fingerprint density at radius 1 is 1.56 bits per heavy atom. The molecule has 0 atom stereocenters. The molecular weight excluding hydrogens is 268 g/mol. The fourth-order valence-electron chi connectivity index (χ4n) is 2.20. The number of aromatic nitrogens is 1. The van der Waals surface area contributed by atoms with Crippen LogP contribution in [0.1, 0.15) is 25.3 Å². The van der Waals surface area contributed by atoms with Crippen LogP contribution in [0, 0.1) is 6.92 Å². The molecule has 4 heteroatoms. The third-order valence-corrected chi connectivity index (χ3v) is 3.53. The summed E-state index contributed by atoms with van der Waals surface area (Å²) in [5.74, 6) is 0.936. The highest BCUT2D eigenvalue weighted by atomic mass is 79.9. The van der Waals surface area contributed by atoms with Crippen LogP contribution >= 0.6 is 15.9 Å². The van der Waals surface area contributed by atoms with Crippen LogP contribution in [-0.4, -0.2) is 28.8 Å². The summed E-state index contributed by atoms with van der Waals surface area (Å²) in [6, 6.07) is 2.06. The maximum Gasteiger partial charge on any atom is 0.143 e. The minimum absolute atomic E-state index is 0.499. The lowest BCUT2D eigenvalue weighted by molar-refractivity contribution is 0.00287. The van der Waals surface area contributed by atoms with Crippen molar-refractivity contribution >= 4 is 21.7 Å². The van der Waals surface area contributed by atoms with Crippen LogP contribution in [0.3, 0.4) is 0 Å². The molecule has 16 heavy (non-hydrogen) atoms. The number of pyridine rings is 1. The Bertz CT molecular complexity index is 389. The van der Waals surface area contributed by atoms with Crippen molar-refractivity contribution in [3.05, 3.63) is 22.3 Å². The number of β-amino-alcohol motifs (C(OH)–C–C–N with tert-alkyl or cyclic N) is 1. The predicted molar refractivity (Wildman–Crippen MR) is 68.7 cm³/mol. The Hall–Kier alpha value is -0.610. The molecule has 0 amide bonds. The first-order valence-electron chi connectivity index (χ1n) is 5.63. The van der Waals surface area contributed by atoms with Gasteiger partial charge in [0.1, 0.15) is 5.82 Å². The van der Waals surface area contributed by atoms with E-state index in [0.717, 1.165) is 28.7 Å². The van der Waals surface area contributed by atoms with Crippen molar-refractivity contribution in [2.24, 2.45) is 0 Å². The van der Waals surface area contributed by atoms with E-state index in [0.29, 0.717) is 13.1 Å². The zero-order chi connectivity index (χ0) is 11.8. The summed E-state index contributed by atoms with van der Waals surface area (Å²) in [4.78, 5) is 6.50. The quantitative estimate of drug-likeness (QED) is 0.927. The third kappa shape index (κ3) is 2.23. The van der Waals surface area contributed by atoms with E-state index in [4.69, 9.17) is 0 Å². The van der Waals surface area contributed by atoms with Gasteiger partial charge in [-0.05, 0) is 40.9 Å². The van der Waals surface area contributed by atoms with E-state index < -0.39 is 5.60 Å². The highest BCUT2D eigenvalue weighted by molar-refractivity contribution is 9.10. The maximum absolute atomic E-state index is 10.1. The fraction of sp³-hybridized carbons (Fsp3) is 0.583. The predicted octanol–water partition coefficient (Wildman–Crippen LogP) is 2.50. The molecule has 0 bridgehead atoms. The van der Waals surface area contributed by atoms with Gasteiger partial charge >= 0.3 is 0 Å². The SMILES string of the molecule is CCCC1(O)CN(c2ncc(C)cc2Br)C1. The number of hydrogen-bond donors (Lipinski definition) is 1. The topological polar surface area (TPSA) is 36.4 Å². The summed E-state index contributed by atoms with van der Waals surface area (Å²) in [6.07, 6.45) is 3.75. The van der Waals surface area contributed by atoms with Crippen LogP contribution in [0.15, 0.2) is 16.7 Å². The van der Waals surface area contributed by atoms with E-state index in [-0.39, 0.29) is 0 Å². The minimum Gasteiger partial charge on any atom is -0.386 e. The zero-order valence-electron chi connectivity index (χ0n) is 9.70. The Balaban J connectivity index is 2.06. The number of aryl methyl sites for hydroxylation is 1. The molecule has 2 heterocycles. The Kier molecular flexibility index (Phi) is 3.22. The largest absolute Gasteiger partial charge is 0.386 e. The molecule has 2 rings (SSSR count). The van der Waals surface area contributed by atoms with Crippen LogP contribution in [0.25, 0.3) is 0 Å². The lowest BCUT2D eigenvalue weighted by atomic mass is 9.89. The highest BCUT2D eigenvalue weighted by Crippen LogP contribution is 2.33. The number of anilines is 1. The number of halogens is 1. The first-order chi connectivity index (χ1) is 7.54. The average Bonchev–Trinajstić information content (AvgIpc) is 2.14. The molecule has 0 radical (unpaired) electrons. The van der Waals surface area contributed by atoms with Gasteiger partial charge in [-0.15, -0.1) is 0 Å². The lowest BCUT2D eigenvalue weighted by Gasteiger charge is -2.47. The second-order valence-electron chi connectivity index (χ2n) is 4.65. The van der Waals surface area contributed by atoms with Gasteiger partial charge in [0.25, 0.3) is 0 Å². The van der Waals surface area contributed by atoms with Crippen molar-refractivity contribution in [3.63, 3.8) is 0 Å². The van der Waals surface area contributed by atoms with Crippen LogP contribution in [0.2, 0.25) is 0 Å². The molecule has 1 aromatic heterocycles. The Morgan fingerprint density at radius 2 is 2.25 bits per heavy atom. The van der Waals surface area contributed by atoms with Crippen molar-refractivity contribution in [2.45, 2.75) is 32.3 Å². The molecule has 1 aliphatic rings. The highest BCUT2D eigenvalue weighted by Gasteiger charge is 2.41. The van der Waals surface area contributed by atoms with Gasteiger partial charge in [-0.2, -0.15) is 0 Å². The van der Waals surface area contributed by atoms with Crippen molar-refractivity contribution in [2.75, 3.05) is 18.0 Å². The second kappa shape index (κ2) is 4.34. The molecule has 1 saturated heterocycles. The fourth-order valence-corrected chi connectivity index (χ4v) is 2.91. The molecule has 1 aliphatic heterocycles. The van der Waals surface area contributed by atoms with Gasteiger partial charge in [0, 0.05) is 6.20 Å². The van der Waals surface area contributed by atoms with Crippen molar-refractivity contribution in [3.8, 4) is 0 Å². The molecule has 88 valence electrons. The number of nitrogens with zero attached hydrogens (tertiary/aromatic N) is 2. The molecule has 1 fully saturated rings. The van der Waals surface area contributed by atoms with E-state index in [1.165, 1.54) is 0 Å². The van der Waals surface area contributed by atoms with Crippen molar-refractivity contribution in [1.82, 2.24) is 4.98 Å². The third-order valence-electron chi connectivity index (χ3n) is 2.94. The first-order valence-corrected chi connectivity index (χ1v) is 6.43. The molecule has 0 aliphatic carbocycles. The molecule has 0 spiro atoms. The van der Waals surface area contributed by atoms with Gasteiger partial charge in [-0.3, -0.25) is 0 Å². The summed E-state index contributed by atoms with van der Waals surface area (Å²) in [5.41, 5.74) is 0.640. The van der Waals surface area contributed by atoms with Gasteiger partial charge in [0.2, 0.25) is 0 Å². The summed E-state index contributed by atoms with van der Waals surface area (Å²) in [5, 5.41) is 10.1. The van der Waals surface area contributed by atoms with E-state index >= 15 is 0 Å². The number of hydrogen-bond acceptors (Lipinski definition) is 3. The maximum atomic E-state index is 10.1. The van der Waals surface area contributed by atoms with Crippen LogP contribution in [0.5, 0.6) is 0 Å². The van der Waals surface area contributed by atoms with Gasteiger partial charge in [-0.25, -0.2) is 4.98 Å². The zero-order valence-corrected chi connectivity index (χ0v) is 11.3. The van der Waals surface area contributed by atoms with Crippen LogP contribution in [0.4, 0.5) is 5.82 Å². The lowest BCUT2D eigenvalue weighted by Crippen LogP contribution is -2.62. The minimum atomic E-state index is -0.499. The van der Waals surface area contributed by atoms with Gasteiger partial charge in [0.05, 0.1) is 23.2 Å². The molecular formula is C12H17BrN2O. The Labute approximate surface area is 105 Å². The summed E-state index contributed by atoms with van der Waals surface area (Å²) >= 11 is 3.51. The summed E-state index contributed by atoms with van der Waals surface area (Å²) < 4.78 is 1.01. The molecule has 0 unspecified atom stereocenters. The molecule has 1 aromatic rings. The van der Waals surface area contributed by atoms with Gasteiger partial charge in [-0.1, -0.05) is 13.3 Å². The molecule has 3 nitrogen and oxygen atoms in total. The molecule has 1 N–H and O–H groups in total. The monoisotopic (exact) mass is 284 g/mol. The smallest absolute Gasteiger partial charge is 0.143 e. The van der Waals surface area contributed by atoms with E-state index in [1.54, 1.807) is 0 Å². The first kappa shape index (κ1) is 11.9. The Morgan fingerprint density at radius 3 is 2.81 bits per heavy atom. The van der Waals surface area contributed by atoms with Crippen molar-refractivity contribution in [1.29, 1.82) is 0 Å². The van der Waals surface area contributed by atoms with E-state index in [2.05, 4.69) is 38.8 Å². The number of rotatable bonds is 3. The van der Waals surface area contributed by atoms with E-state index in [9.17, 15) is 5.11 Å². The number of aliphatic hydroxyl groups is 1. The normalized spacial score (nSPS) is 18.4. The van der Waals surface area contributed by atoms with Crippen LogP contribution in [-0.2, 0) is 0 Å². The summed E-state index contributed by atoms with van der Waals surface area (Å²) in [7, 11) is 0. The van der Waals surface area contributed by atoms with Gasteiger partial charge in [0.15, 0.2) is 0 Å². The van der Waals surface area contributed by atoms with E-state index in [1.807, 2.05) is 13.1 Å². The summed E-state index contributed by atoms with van der Waals surface area (Å²) in [6.45, 7) is 5.50. The second-order valence-corrected chi connectivity index (χ2v) is 5.50. The van der Waals surface area contributed by atoms with Crippen LogP contribution < -0.4 is 4.90 Å².